The molecule has 4 rings (SSSR count). The molecule has 0 fully saturated rings. The van der Waals surface area contributed by atoms with Gasteiger partial charge in [0, 0.05) is 16.6 Å². The van der Waals surface area contributed by atoms with Gasteiger partial charge in [-0.05, 0) is 42.3 Å². The van der Waals surface area contributed by atoms with Crippen LogP contribution >= 0.6 is 0 Å². The molecule has 0 saturated heterocycles. The Bertz CT molecular complexity index is 1100. The van der Waals surface area contributed by atoms with Crippen LogP contribution in [0.3, 0.4) is 0 Å². The lowest BCUT2D eigenvalue weighted by Crippen LogP contribution is -2.20. The lowest BCUT2D eigenvalue weighted by molar-refractivity contribution is 0.248. The Kier molecular flexibility index (Phi) is 3.54. The van der Waals surface area contributed by atoms with Crippen molar-refractivity contribution in [1.82, 2.24) is 14.8 Å². The topological polar surface area (TPSA) is 73.8 Å². The molecule has 2 aromatic carbocycles. The van der Waals surface area contributed by atoms with E-state index in [2.05, 4.69) is 22.2 Å². The molecule has 0 unspecified atom stereocenters. The van der Waals surface area contributed by atoms with E-state index in [4.69, 9.17) is 5.73 Å². The summed E-state index contributed by atoms with van der Waals surface area (Å²) in [5, 5.41) is 4.92. The standard InChI is InChI=1S/C20H16N4O/c1-13-5-4-8-18(23-13)17-7-3-2-6-16(17)14-9-10-19-15(11-14)12-22-24(19)20(21)25/h2-12H,1H3,(H2,21,25). The Hall–Kier alpha value is -3.47. The van der Waals surface area contributed by atoms with E-state index in [1.165, 1.54) is 4.68 Å². The van der Waals surface area contributed by atoms with Gasteiger partial charge in [0.1, 0.15) is 0 Å². The minimum absolute atomic E-state index is 0.591. The number of hydrogen-bond acceptors (Lipinski definition) is 3. The van der Waals surface area contributed by atoms with Gasteiger partial charge in [-0.3, -0.25) is 4.98 Å². The number of aryl methyl sites for hydroxylation is 1. The van der Waals surface area contributed by atoms with Crippen LogP contribution in [0.4, 0.5) is 4.79 Å². The number of aromatic nitrogens is 3. The lowest BCUT2D eigenvalue weighted by atomic mass is 9.96. The molecule has 25 heavy (non-hydrogen) atoms. The number of amides is 1. The molecule has 0 aliphatic heterocycles. The monoisotopic (exact) mass is 328 g/mol. The first-order chi connectivity index (χ1) is 12.1. The average molecular weight is 328 g/mol. The number of carbonyl (C=O) groups is 1. The van der Waals surface area contributed by atoms with E-state index in [1.807, 2.05) is 55.5 Å². The summed E-state index contributed by atoms with van der Waals surface area (Å²) in [5.74, 6) is 0. The highest BCUT2D eigenvalue weighted by atomic mass is 16.2. The molecule has 1 amide bonds. The minimum Gasteiger partial charge on any atom is -0.350 e. The molecule has 0 radical (unpaired) electrons. The van der Waals surface area contributed by atoms with Crippen LogP contribution in [0.15, 0.2) is 66.9 Å². The highest BCUT2D eigenvalue weighted by molar-refractivity contribution is 5.93. The van der Waals surface area contributed by atoms with Gasteiger partial charge in [-0.15, -0.1) is 0 Å². The fourth-order valence-corrected chi connectivity index (χ4v) is 3.03. The first-order valence-electron chi connectivity index (χ1n) is 7.94. The maximum absolute atomic E-state index is 11.4. The third-order valence-corrected chi connectivity index (χ3v) is 4.18. The number of hydrogen-bond donors (Lipinski definition) is 1. The number of nitrogens with zero attached hydrogens (tertiary/aromatic N) is 3. The molecule has 0 spiro atoms. The summed E-state index contributed by atoms with van der Waals surface area (Å²) < 4.78 is 1.20. The third-order valence-electron chi connectivity index (χ3n) is 4.18. The second-order valence-electron chi connectivity index (χ2n) is 5.88. The zero-order valence-corrected chi connectivity index (χ0v) is 13.7. The maximum Gasteiger partial charge on any atom is 0.340 e. The summed E-state index contributed by atoms with van der Waals surface area (Å²) in [6, 6.07) is 19.4. The fourth-order valence-electron chi connectivity index (χ4n) is 3.03. The molecule has 0 saturated carbocycles. The van der Waals surface area contributed by atoms with Crippen molar-refractivity contribution in [2.45, 2.75) is 6.92 Å². The smallest absolute Gasteiger partial charge is 0.340 e. The number of primary amides is 1. The number of pyridine rings is 1. The SMILES string of the molecule is Cc1cccc(-c2ccccc2-c2ccc3c(cnn3C(N)=O)c2)n1. The van der Waals surface area contributed by atoms with E-state index >= 15 is 0 Å². The third kappa shape index (κ3) is 2.65. The molecule has 2 N–H and O–H groups in total. The number of fused-ring (bicyclic) bond motifs is 1. The maximum atomic E-state index is 11.4. The van der Waals surface area contributed by atoms with Crippen molar-refractivity contribution in [1.29, 1.82) is 0 Å². The van der Waals surface area contributed by atoms with E-state index in [0.29, 0.717) is 5.52 Å². The number of carbonyl (C=O) groups excluding carboxylic acids is 1. The minimum atomic E-state index is -0.591. The van der Waals surface area contributed by atoms with Crippen molar-refractivity contribution in [2.24, 2.45) is 5.73 Å². The van der Waals surface area contributed by atoms with Gasteiger partial charge < -0.3 is 5.73 Å². The molecule has 4 aromatic rings. The van der Waals surface area contributed by atoms with Crippen LogP contribution in [0.25, 0.3) is 33.3 Å². The van der Waals surface area contributed by atoms with Crippen molar-refractivity contribution >= 4 is 16.9 Å². The molecular formula is C20H16N4O. The second kappa shape index (κ2) is 5.87. The van der Waals surface area contributed by atoms with Crippen LogP contribution in [0.2, 0.25) is 0 Å². The van der Waals surface area contributed by atoms with Crippen molar-refractivity contribution in [2.75, 3.05) is 0 Å². The van der Waals surface area contributed by atoms with Crippen LogP contribution in [-0.2, 0) is 0 Å². The molecule has 5 heteroatoms. The van der Waals surface area contributed by atoms with Gasteiger partial charge in [-0.1, -0.05) is 36.4 Å². The lowest BCUT2D eigenvalue weighted by Gasteiger charge is -2.10. The van der Waals surface area contributed by atoms with Gasteiger partial charge in [-0.25, -0.2) is 4.79 Å². The molecule has 0 atom stereocenters. The summed E-state index contributed by atoms with van der Waals surface area (Å²) in [5.41, 5.74) is 11.1. The normalized spacial score (nSPS) is 10.9. The van der Waals surface area contributed by atoms with E-state index < -0.39 is 6.03 Å². The highest BCUT2D eigenvalue weighted by Gasteiger charge is 2.11. The fraction of sp³-hybridized carbons (Fsp3) is 0.0500. The van der Waals surface area contributed by atoms with Gasteiger partial charge in [0.15, 0.2) is 0 Å². The molecule has 122 valence electrons. The Balaban J connectivity index is 1.88. The number of rotatable bonds is 2. The molecule has 2 aromatic heterocycles. The van der Waals surface area contributed by atoms with Crippen molar-refractivity contribution < 1.29 is 4.79 Å². The molecule has 0 aliphatic carbocycles. The summed E-state index contributed by atoms with van der Waals surface area (Å²) in [6.45, 7) is 1.98. The largest absolute Gasteiger partial charge is 0.350 e. The zero-order valence-electron chi connectivity index (χ0n) is 13.7. The number of nitrogens with two attached hydrogens (primary N) is 1. The van der Waals surface area contributed by atoms with Crippen LogP contribution in [0.1, 0.15) is 5.69 Å². The van der Waals surface area contributed by atoms with Gasteiger partial charge in [0.05, 0.1) is 17.4 Å². The molecule has 0 bridgehead atoms. The van der Waals surface area contributed by atoms with Gasteiger partial charge >= 0.3 is 6.03 Å². The van der Waals surface area contributed by atoms with Crippen molar-refractivity contribution in [3.8, 4) is 22.4 Å². The Morgan fingerprint density at radius 2 is 1.80 bits per heavy atom. The van der Waals surface area contributed by atoms with E-state index in [-0.39, 0.29) is 0 Å². The summed E-state index contributed by atoms with van der Waals surface area (Å²) in [6.07, 6.45) is 1.65. The first kappa shape index (κ1) is 15.1. The molecule has 2 heterocycles. The van der Waals surface area contributed by atoms with Gasteiger partial charge in [0.25, 0.3) is 0 Å². The highest BCUT2D eigenvalue weighted by Crippen LogP contribution is 2.32. The van der Waals surface area contributed by atoms with Crippen LogP contribution in [-0.4, -0.2) is 20.8 Å². The van der Waals surface area contributed by atoms with Crippen LogP contribution < -0.4 is 5.73 Å². The summed E-state index contributed by atoms with van der Waals surface area (Å²) >= 11 is 0. The average Bonchev–Trinajstić information content (AvgIpc) is 3.05. The zero-order chi connectivity index (χ0) is 17.4. The van der Waals surface area contributed by atoms with E-state index in [9.17, 15) is 4.79 Å². The van der Waals surface area contributed by atoms with E-state index in [0.717, 1.165) is 33.5 Å². The van der Waals surface area contributed by atoms with Crippen LogP contribution in [0, 0.1) is 6.92 Å². The molecular weight excluding hydrogens is 312 g/mol. The molecule has 5 nitrogen and oxygen atoms in total. The summed E-state index contributed by atoms with van der Waals surface area (Å²) in [4.78, 5) is 16.1. The Labute approximate surface area is 144 Å². The Morgan fingerprint density at radius 1 is 1.00 bits per heavy atom. The predicted molar refractivity (Wildman–Crippen MR) is 98.1 cm³/mol. The second-order valence-corrected chi connectivity index (χ2v) is 5.88. The quantitative estimate of drug-likeness (QED) is 0.604. The summed E-state index contributed by atoms with van der Waals surface area (Å²) in [7, 11) is 0. The van der Waals surface area contributed by atoms with Gasteiger partial charge in [0.2, 0.25) is 0 Å². The van der Waals surface area contributed by atoms with Crippen LogP contribution in [0.5, 0.6) is 0 Å². The number of benzene rings is 2. The first-order valence-corrected chi connectivity index (χ1v) is 7.94. The van der Waals surface area contributed by atoms with Gasteiger partial charge in [-0.2, -0.15) is 9.78 Å². The van der Waals surface area contributed by atoms with Crippen molar-refractivity contribution in [3.05, 3.63) is 72.6 Å². The molecule has 0 aliphatic rings. The van der Waals surface area contributed by atoms with E-state index in [1.54, 1.807) is 6.20 Å². The van der Waals surface area contributed by atoms with Crippen molar-refractivity contribution in [3.63, 3.8) is 0 Å². The Morgan fingerprint density at radius 3 is 2.56 bits per heavy atom. The predicted octanol–water partition coefficient (Wildman–Crippen LogP) is 4.00.